The van der Waals surface area contributed by atoms with Gasteiger partial charge in [0, 0.05) is 12.6 Å². The van der Waals surface area contributed by atoms with Crippen molar-refractivity contribution in [2.45, 2.75) is 24.6 Å². The van der Waals surface area contributed by atoms with Crippen LogP contribution in [-0.2, 0) is 21.3 Å². The summed E-state index contributed by atoms with van der Waals surface area (Å²) < 4.78 is 36.8. The summed E-state index contributed by atoms with van der Waals surface area (Å²) in [7, 11) is -1.77. The molecule has 1 aliphatic rings. The van der Waals surface area contributed by atoms with E-state index in [1.165, 1.54) is 10.4 Å². The van der Waals surface area contributed by atoms with E-state index in [1.54, 1.807) is 13.1 Å². The highest BCUT2D eigenvalue weighted by Crippen LogP contribution is 2.22. The molecule has 0 bridgehead atoms. The van der Waals surface area contributed by atoms with Crippen molar-refractivity contribution in [1.82, 2.24) is 9.62 Å². The summed E-state index contributed by atoms with van der Waals surface area (Å²) in [6, 6.07) is 3.01. The summed E-state index contributed by atoms with van der Waals surface area (Å²) in [4.78, 5) is 0. The molecule has 1 aromatic heterocycles. The topological polar surface area (TPSA) is 71.8 Å². The van der Waals surface area contributed by atoms with Gasteiger partial charge in [0.15, 0.2) is 0 Å². The van der Waals surface area contributed by atoms with Crippen LogP contribution in [0.5, 0.6) is 0 Å². The Morgan fingerprint density at radius 3 is 2.94 bits per heavy atom. The van der Waals surface area contributed by atoms with E-state index in [1.807, 2.05) is 6.92 Å². The zero-order valence-corrected chi connectivity index (χ0v) is 11.4. The molecule has 0 spiro atoms. The third-order valence-corrected chi connectivity index (χ3v) is 4.75. The molecular weight excluding hydrogens is 256 g/mol. The van der Waals surface area contributed by atoms with Crippen LogP contribution in [0.25, 0.3) is 0 Å². The standard InChI is InChI=1S/C11H18N2O4S/c1-9-8-16-6-5-13(9)18(14,15)11-4-3-10(17-11)7-12-2/h3-4,9,12H,5-8H2,1-2H3. The fraction of sp³-hybridized carbons (Fsp3) is 0.636. The van der Waals surface area contributed by atoms with Gasteiger partial charge in [-0.15, -0.1) is 0 Å². The molecule has 0 radical (unpaired) electrons. The predicted octanol–water partition coefficient (Wildman–Crippen LogP) is 0.408. The van der Waals surface area contributed by atoms with Crippen LogP contribution < -0.4 is 5.32 Å². The third-order valence-electron chi connectivity index (χ3n) is 2.86. The Morgan fingerprint density at radius 2 is 2.28 bits per heavy atom. The molecule has 1 fully saturated rings. The van der Waals surface area contributed by atoms with E-state index in [-0.39, 0.29) is 11.1 Å². The molecule has 1 N–H and O–H groups in total. The van der Waals surface area contributed by atoms with Gasteiger partial charge in [-0.05, 0) is 26.1 Å². The first-order chi connectivity index (χ1) is 8.55. The van der Waals surface area contributed by atoms with E-state index in [0.717, 1.165) is 0 Å². The fourth-order valence-electron chi connectivity index (χ4n) is 1.95. The molecule has 1 aromatic rings. The number of sulfonamides is 1. The van der Waals surface area contributed by atoms with Gasteiger partial charge in [-0.3, -0.25) is 0 Å². The number of hydrogen-bond acceptors (Lipinski definition) is 5. The van der Waals surface area contributed by atoms with Gasteiger partial charge in [-0.2, -0.15) is 4.31 Å². The Hall–Kier alpha value is -0.890. The lowest BCUT2D eigenvalue weighted by atomic mass is 10.3. The highest BCUT2D eigenvalue weighted by molar-refractivity contribution is 7.89. The quantitative estimate of drug-likeness (QED) is 0.861. The molecule has 2 rings (SSSR count). The summed E-state index contributed by atoms with van der Waals surface area (Å²) in [5, 5.41) is 2.92. The molecule has 2 heterocycles. The average molecular weight is 274 g/mol. The lowest BCUT2D eigenvalue weighted by molar-refractivity contribution is 0.0386. The molecule has 1 atom stereocenters. The van der Waals surface area contributed by atoms with Crippen molar-refractivity contribution < 1.29 is 17.6 Å². The molecule has 1 unspecified atom stereocenters. The van der Waals surface area contributed by atoms with E-state index in [0.29, 0.717) is 32.1 Å². The molecular formula is C11H18N2O4S. The number of nitrogens with zero attached hydrogens (tertiary/aromatic N) is 1. The fourth-order valence-corrected chi connectivity index (χ4v) is 3.48. The van der Waals surface area contributed by atoms with Crippen molar-refractivity contribution in [3.63, 3.8) is 0 Å². The summed E-state index contributed by atoms with van der Waals surface area (Å²) in [6.07, 6.45) is 0. The van der Waals surface area contributed by atoms with Gasteiger partial charge < -0.3 is 14.5 Å². The molecule has 7 heteroatoms. The minimum absolute atomic E-state index is 0.00139. The van der Waals surface area contributed by atoms with E-state index < -0.39 is 10.0 Å². The molecule has 1 saturated heterocycles. The van der Waals surface area contributed by atoms with Gasteiger partial charge in [-0.1, -0.05) is 0 Å². The number of morpholine rings is 1. The smallest absolute Gasteiger partial charge is 0.276 e. The van der Waals surface area contributed by atoms with Gasteiger partial charge >= 0.3 is 0 Å². The zero-order valence-electron chi connectivity index (χ0n) is 10.5. The molecule has 0 aromatic carbocycles. The first-order valence-corrected chi connectivity index (χ1v) is 7.32. The van der Waals surface area contributed by atoms with Crippen LogP contribution in [-0.4, -0.2) is 45.6 Å². The maximum absolute atomic E-state index is 12.4. The molecule has 18 heavy (non-hydrogen) atoms. The van der Waals surface area contributed by atoms with Crippen LogP contribution in [0.2, 0.25) is 0 Å². The second-order valence-corrected chi connectivity index (χ2v) is 6.11. The maximum atomic E-state index is 12.4. The van der Waals surface area contributed by atoms with Crippen LogP contribution in [0.3, 0.4) is 0 Å². The van der Waals surface area contributed by atoms with Crippen molar-refractivity contribution in [3.05, 3.63) is 17.9 Å². The summed E-state index contributed by atoms with van der Waals surface area (Å²) in [6.45, 7) is 3.55. The van der Waals surface area contributed by atoms with Crippen molar-refractivity contribution in [2.75, 3.05) is 26.8 Å². The number of rotatable bonds is 4. The van der Waals surface area contributed by atoms with E-state index in [9.17, 15) is 8.42 Å². The monoisotopic (exact) mass is 274 g/mol. The van der Waals surface area contributed by atoms with Gasteiger partial charge in [0.25, 0.3) is 10.0 Å². The van der Waals surface area contributed by atoms with Gasteiger partial charge in [0.05, 0.1) is 19.8 Å². The second-order valence-electron chi connectivity index (χ2n) is 4.29. The summed E-state index contributed by atoms with van der Waals surface area (Å²) >= 11 is 0. The van der Waals surface area contributed by atoms with E-state index in [2.05, 4.69) is 5.32 Å². The van der Waals surface area contributed by atoms with Crippen LogP contribution >= 0.6 is 0 Å². The molecule has 0 aliphatic carbocycles. The third kappa shape index (κ3) is 2.59. The Labute approximate surface area is 107 Å². The van der Waals surface area contributed by atoms with E-state index in [4.69, 9.17) is 9.15 Å². The number of furan rings is 1. The largest absolute Gasteiger partial charge is 0.447 e. The summed E-state index contributed by atoms with van der Waals surface area (Å²) in [5.74, 6) is 0.608. The molecule has 6 nitrogen and oxygen atoms in total. The Morgan fingerprint density at radius 1 is 1.50 bits per heavy atom. The predicted molar refractivity (Wildman–Crippen MR) is 65.6 cm³/mol. The lowest BCUT2D eigenvalue weighted by Gasteiger charge is -2.31. The van der Waals surface area contributed by atoms with Gasteiger partial charge in [0.1, 0.15) is 5.76 Å². The molecule has 0 amide bonds. The Balaban J connectivity index is 2.23. The van der Waals surface area contributed by atoms with Crippen molar-refractivity contribution in [1.29, 1.82) is 0 Å². The molecule has 1 aliphatic heterocycles. The normalized spacial score (nSPS) is 22.2. The minimum atomic E-state index is -3.55. The first-order valence-electron chi connectivity index (χ1n) is 5.88. The zero-order chi connectivity index (χ0) is 13.2. The Bertz CT molecular complexity index is 497. The molecule has 0 saturated carbocycles. The van der Waals surface area contributed by atoms with E-state index >= 15 is 0 Å². The lowest BCUT2D eigenvalue weighted by Crippen LogP contribution is -2.46. The van der Waals surface area contributed by atoms with Crippen LogP contribution in [0.1, 0.15) is 12.7 Å². The maximum Gasteiger partial charge on any atom is 0.276 e. The molecule has 102 valence electrons. The van der Waals surface area contributed by atoms with Crippen molar-refractivity contribution >= 4 is 10.0 Å². The highest BCUT2D eigenvalue weighted by atomic mass is 32.2. The highest BCUT2D eigenvalue weighted by Gasteiger charge is 2.33. The number of nitrogens with one attached hydrogen (secondary N) is 1. The van der Waals surface area contributed by atoms with Crippen LogP contribution in [0, 0.1) is 0 Å². The minimum Gasteiger partial charge on any atom is -0.447 e. The van der Waals surface area contributed by atoms with Crippen molar-refractivity contribution in [2.24, 2.45) is 0 Å². The second kappa shape index (κ2) is 5.40. The van der Waals surface area contributed by atoms with Gasteiger partial charge in [0.2, 0.25) is 5.09 Å². The first kappa shape index (κ1) is 13.5. The SMILES string of the molecule is CNCc1ccc(S(=O)(=O)N2CCOCC2C)o1. The number of ether oxygens (including phenoxy) is 1. The number of hydrogen-bond donors (Lipinski definition) is 1. The van der Waals surface area contributed by atoms with Crippen molar-refractivity contribution in [3.8, 4) is 0 Å². The van der Waals surface area contributed by atoms with Crippen LogP contribution in [0.4, 0.5) is 0 Å². The Kier molecular flexibility index (Phi) is 4.06. The van der Waals surface area contributed by atoms with Crippen LogP contribution in [0.15, 0.2) is 21.6 Å². The van der Waals surface area contributed by atoms with Gasteiger partial charge in [-0.25, -0.2) is 8.42 Å². The average Bonchev–Trinajstić information content (AvgIpc) is 2.79. The summed E-state index contributed by atoms with van der Waals surface area (Å²) in [5.41, 5.74) is 0.